The summed E-state index contributed by atoms with van der Waals surface area (Å²) in [5.41, 5.74) is 0.0786. The predicted molar refractivity (Wildman–Crippen MR) is 73.7 cm³/mol. The summed E-state index contributed by atoms with van der Waals surface area (Å²) in [5.74, 6) is -0.261. The second-order valence-electron chi connectivity index (χ2n) is 5.15. The van der Waals surface area contributed by atoms with Gasteiger partial charge < -0.3 is 10.1 Å². The van der Waals surface area contributed by atoms with Crippen LogP contribution in [0.2, 0.25) is 0 Å². The van der Waals surface area contributed by atoms with Gasteiger partial charge in [0, 0.05) is 18.7 Å². The summed E-state index contributed by atoms with van der Waals surface area (Å²) in [6, 6.07) is 5.51. The molecule has 1 fully saturated rings. The zero-order chi connectivity index (χ0) is 14.8. The van der Waals surface area contributed by atoms with Crippen molar-refractivity contribution in [1.29, 1.82) is 0 Å². The van der Waals surface area contributed by atoms with Crippen molar-refractivity contribution >= 4 is 15.9 Å². The number of benzene rings is 1. The summed E-state index contributed by atoms with van der Waals surface area (Å²) in [5, 5.41) is 7.79. The molecule has 1 aromatic carbocycles. The van der Waals surface area contributed by atoms with Crippen molar-refractivity contribution in [2.24, 2.45) is 5.14 Å². The van der Waals surface area contributed by atoms with Gasteiger partial charge in [0.25, 0.3) is 5.91 Å². The van der Waals surface area contributed by atoms with Gasteiger partial charge in [-0.25, -0.2) is 13.6 Å². The fraction of sp³-hybridized carbons (Fsp3) is 0.462. The van der Waals surface area contributed by atoms with Gasteiger partial charge in [-0.1, -0.05) is 0 Å². The molecule has 1 amide bonds. The van der Waals surface area contributed by atoms with Crippen LogP contribution in [0, 0.1) is 0 Å². The molecule has 20 heavy (non-hydrogen) atoms. The number of sulfonamides is 1. The molecule has 1 saturated heterocycles. The van der Waals surface area contributed by atoms with Crippen LogP contribution in [-0.2, 0) is 14.8 Å². The lowest BCUT2D eigenvalue weighted by Crippen LogP contribution is -2.40. The highest BCUT2D eigenvalue weighted by molar-refractivity contribution is 7.89. The minimum Gasteiger partial charge on any atom is -0.373 e. The highest BCUT2D eigenvalue weighted by Gasteiger charge is 2.30. The normalized spacial score (nSPS) is 22.7. The van der Waals surface area contributed by atoms with E-state index in [1.807, 2.05) is 6.92 Å². The van der Waals surface area contributed by atoms with Crippen molar-refractivity contribution in [2.75, 3.05) is 13.2 Å². The van der Waals surface area contributed by atoms with Gasteiger partial charge in [0.2, 0.25) is 10.0 Å². The van der Waals surface area contributed by atoms with E-state index in [2.05, 4.69) is 5.32 Å². The summed E-state index contributed by atoms with van der Waals surface area (Å²) in [6.45, 7) is 3.11. The Morgan fingerprint density at radius 2 is 2.05 bits per heavy atom. The molecular formula is C13H18N2O4S. The van der Waals surface area contributed by atoms with Gasteiger partial charge in [-0.05, 0) is 44.0 Å². The highest BCUT2D eigenvalue weighted by Crippen LogP contribution is 2.24. The van der Waals surface area contributed by atoms with E-state index in [-0.39, 0.29) is 16.4 Å². The summed E-state index contributed by atoms with van der Waals surface area (Å²) in [7, 11) is -3.73. The number of nitrogens with two attached hydrogens (primary N) is 1. The van der Waals surface area contributed by atoms with Gasteiger partial charge >= 0.3 is 0 Å². The Labute approximate surface area is 118 Å². The number of nitrogens with one attached hydrogen (secondary N) is 1. The van der Waals surface area contributed by atoms with E-state index in [1.165, 1.54) is 24.3 Å². The van der Waals surface area contributed by atoms with Crippen LogP contribution in [0.4, 0.5) is 0 Å². The van der Waals surface area contributed by atoms with Gasteiger partial charge in [-0.15, -0.1) is 0 Å². The lowest BCUT2D eigenvalue weighted by Gasteiger charge is -2.23. The first-order valence-corrected chi connectivity index (χ1v) is 7.90. The Hall–Kier alpha value is -1.44. The van der Waals surface area contributed by atoms with E-state index in [0.29, 0.717) is 12.1 Å². The number of amides is 1. The van der Waals surface area contributed by atoms with Crippen molar-refractivity contribution in [2.45, 2.75) is 30.3 Å². The highest BCUT2D eigenvalue weighted by atomic mass is 32.2. The molecule has 1 aliphatic heterocycles. The van der Waals surface area contributed by atoms with E-state index >= 15 is 0 Å². The topological polar surface area (TPSA) is 98.5 Å². The zero-order valence-corrected chi connectivity index (χ0v) is 12.1. The predicted octanol–water partition coefficient (Wildman–Crippen LogP) is 0.633. The molecule has 1 unspecified atom stereocenters. The lowest BCUT2D eigenvalue weighted by atomic mass is 10.0. The number of hydrogen-bond donors (Lipinski definition) is 2. The molecule has 0 radical (unpaired) electrons. The summed E-state index contributed by atoms with van der Waals surface area (Å²) in [4.78, 5) is 11.9. The third-order valence-corrected chi connectivity index (χ3v) is 4.30. The van der Waals surface area contributed by atoms with Crippen molar-refractivity contribution in [3.63, 3.8) is 0 Å². The number of carbonyl (C=O) groups excluding carboxylic acids is 1. The summed E-state index contributed by atoms with van der Waals surface area (Å²) >= 11 is 0. The van der Waals surface area contributed by atoms with Crippen molar-refractivity contribution < 1.29 is 17.9 Å². The van der Waals surface area contributed by atoms with Crippen LogP contribution in [0.5, 0.6) is 0 Å². The van der Waals surface area contributed by atoms with Crippen LogP contribution >= 0.6 is 0 Å². The van der Waals surface area contributed by atoms with Gasteiger partial charge in [-0.3, -0.25) is 4.79 Å². The Bertz CT molecular complexity index is 589. The molecule has 0 saturated carbocycles. The first-order valence-electron chi connectivity index (χ1n) is 6.35. The van der Waals surface area contributed by atoms with Gasteiger partial charge in [0.1, 0.15) is 0 Å². The molecule has 3 N–H and O–H groups in total. The van der Waals surface area contributed by atoms with Crippen molar-refractivity contribution in [3.05, 3.63) is 29.8 Å². The maximum atomic E-state index is 12.0. The average Bonchev–Trinajstić information content (AvgIpc) is 2.83. The van der Waals surface area contributed by atoms with Crippen LogP contribution in [0.3, 0.4) is 0 Å². The van der Waals surface area contributed by atoms with Gasteiger partial charge in [-0.2, -0.15) is 0 Å². The average molecular weight is 298 g/mol. The molecule has 2 rings (SSSR count). The third-order valence-electron chi connectivity index (χ3n) is 3.37. The largest absolute Gasteiger partial charge is 0.373 e. The minimum atomic E-state index is -3.73. The molecule has 1 aromatic rings. The Balaban J connectivity index is 1.99. The lowest BCUT2D eigenvalue weighted by molar-refractivity contribution is 0.0206. The third kappa shape index (κ3) is 3.56. The molecule has 1 aliphatic rings. The fourth-order valence-corrected chi connectivity index (χ4v) is 2.66. The standard InChI is InChI=1S/C13H18N2O4S/c1-13(7-2-8-19-13)9-15-12(16)10-3-5-11(6-4-10)20(14,17)18/h3-6H,2,7-9H2,1H3,(H,15,16)(H2,14,17,18). The van der Waals surface area contributed by atoms with Gasteiger partial charge in [0.15, 0.2) is 0 Å². The molecule has 0 aromatic heterocycles. The molecule has 0 bridgehead atoms. The minimum absolute atomic E-state index is 0.0138. The van der Waals surface area contributed by atoms with Crippen molar-refractivity contribution in [3.8, 4) is 0 Å². The number of primary sulfonamides is 1. The van der Waals surface area contributed by atoms with E-state index in [9.17, 15) is 13.2 Å². The van der Waals surface area contributed by atoms with Crippen molar-refractivity contribution in [1.82, 2.24) is 5.32 Å². The second-order valence-corrected chi connectivity index (χ2v) is 6.72. The van der Waals surface area contributed by atoms with E-state index in [4.69, 9.17) is 9.88 Å². The van der Waals surface area contributed by atoms with Crippen LogP contribution in [0.15, 0.2) is 29.2 Å². The molecule has 0 aliphatic carbocycles. The maximum absolute atomic E-state index is 12.0. The molecule has 0 spiro atoms. The van der Waals surface area contributed by atoms with Crippen LogP contribution in [-0.4, -0.2) is 33.1 Å². The van der Waals surface area contributed by atoms with E-state index in [0.717, 1.165) is 19.4 Å². The first-order chi connectivity index (χ1) is 9.30. The first kappa shape index (κ1) is 15.0. The quantitative estimate of drug-likeness (QED) is 0.852. The zero-order valence-electron chi connectivity index (χ0n) is 11.3. The molecule has 1 atom stereocenters. The monoisotopic (exact) mass is 298 g/mol. The fourth-order valence-electron chi connectivity index (χ4n) is 2.14. The number of rotatable bonds is 4. The molecule has 7 heteroatoms. The molecule has 110 valence electrons. The Morgan fingerprint density at radius 1 is 1.40 bits per heavy atom. The molecular weight excluding hydrogens is 280 g/mol. The van der Waals surface area contributed by atoms with Gasteiger partial charge in [0.05, 0.1) is 10.5 Å². The molecule has 6 nitrogen and oxygen atoms in total. The summed E-state index contributed by atoms with van der Waals surface area (Å²) < 4.78 is 27.8. The molecule has 1 heterocycles. The summed E-state index contributed by atoms with van der Waals surface area (Å²) in [6.07, 6.45) is 1.91. The van der Waals surface area contributed by atoms with Crippen LogP contribution in [0.1, 0.15) is 30.1 Å². The van der Waals surface area contributed by atoms with E-state index in [1.54, 1.807) is 0 Å². The number of hydrogen-bond acceptors (Lipinski definition) is 4. The van der Waals surface area contributed by atoms with E-state index < -0.39 is 10.0 Å². The smallest absolute Gasteiger partial charge is 0.251 e. The Morgan fingerprint density at radius 3 is 2.55 bits per heavy atom. The second kappa shape index (κ2) is 5.51. The number of carbonyl (C=O) groups is 1. The van der Waals surface area contributed by atoms with Crippen LogP contribution < -0.4 is 10.5 Å². The van der Waals surface area contributed by atoms with Crippen LogP contribution in [0.25, 0.3) is 0 Å². The number of ether oxygens (including phenoxy) is 1. The maximum Gasteiger partial charge on any atom is 0.251 e. The Kier molecular flexibility index (Phi) is 4.12. The SMILES string of the molecule is CC1(CNC(=O)c2ccc(S(N)(=O)=O)cc2)CCCO1.